The lowest BCUT2D eigenvalue weighted by Gasteiger charge is -2.14. The average Bonchev–Trinajstić information content (AvgIpc) is 2.31. The van der Waals surface area contributed by atoms with Gasteiger partial charge in [-0.15, -0.1) is 0 Å². The maximum atomic E-state index is 13.7. The summed E-state index contributed by atoms with van der Waals surface area (Å²) in [7, 11) is 0. The molecule has 2 aromatic rings. The van der Waals surface area contributed by atoms with Gasteiger partial charge in [0.1, 0.15) is 5.82 Å². The Morgan fingerprint density at radius 3 is 2.47 bits per heavy atom. The highest BCUT2D eigenvalue weighted by atomic mass is 79.9. The molecule has 0 heterocycles. The maximum absolute atomic E-state index is 13.7. The van der Waals surface area contributed by atoms with E-state index in [0.29, 0.717) is 22.0 Å². The number of benzene rings is 2. The molecule has 0 radical (unpaired) electrons. The van der Waals surface area contributed by atoms with Crippen molar-refractivity contribution in [2.45, 2.75) is 12.5 Å². The minimum Gasteiger partial charge on any atom is -0.324 e. The molecule has 0 aliphatic heterocycles. The zero-order valence-electron chi connectivity index (χ0n) is 9.84. The van der Waals surface area contributed by atoms with Gasteiger partial charge in [0, 0.05) is 20.6 Å². The fourth-order valence-electron chi connectivity index (χ4n) is 1.83. The van der Waals surface area contributed by atoms with Crippen molar-refractivity contribution in [2.24, 2.45) is 5.73 Å². The Balaban J connectivity index is 2.22. The minimum absolute atomic E-state index is 0.328. The second kappa shape index (κ2) is 6.23. The second-order valence-corrected chi connectivity index (χ2v) is 6.04. The van der Waals surface area contributed by atoms with Gasteiger partial charge in [-0.05, 0) is 47.9 Å². The van der Waals surface area contributed by atoms with Crippen LogP contribution in [-0.4, -0.2) is 0 Å². The predicted octanol–water partition coefficient (Wildman–Crippen LogP) is 5.14. The summed E-state index contributed by atoms with van der Waals surface area (Å²) < 4.78 is 14.6. The average molecular weight is 363 g/mol. The van der Waals surface area contributed by atoms with Crippen LogP contribution in [-0.2, 0) is 6.42 Å². The largest absolute Gasteiger partial charge is 0.324 e. The molecule has 0 aliphatic carbocycles. The highest BCUT2D eigenvalue weighted by molar-refractivity contribution is 9.10. The van der Waals surface area contributed by atoms with Gasteiger partial charge in [0.2, 0.25) is 0 Å². The molecule has 0 aliphatic rings. The van der Waals surface area contributed by atoms with Crippen LogP contribution in [0.5, 0.6) is 0 Å². The van der Waals surface area contributed by atoms with Crippen LogP contribution in [0.25, 0.3) is 0 Å². The van der Waals surface area contributed by atoms with Gasteiger partial charge >= 0.3 is 0 Å². The van der Waals surface area contributed by atoms with E-state index in [9.17, 15) is 4.39 Å². The summed E-state index contributed by atoms with van der Waals surface area (Å²) in [5, 5.41) is 0.969. The van der Waals surface area contributed by atoms with E-state index in [1.165, 1.54) is 6.07 Å². The standard InChI is InChI=1S/C14H11BrCl2FN/c15-10-3-9(4-12(17)6-10)14(19)5-8-1-2-11(16)7-13(8)18/h1-4,6-7,14H,5,19H2. The molecule has 2 aromatic carbocycles. The number of nitrogens with two attached hydrogens (primary N) is 1. The number of hydrogen-bond donors (Lipinski definition) is 1. The van der Waals surface area contributed by atoms with Gasteiger partial charge in [0.15, 0.2) is 0 Å². The van der Waals surface area contributed by atoms with Crippen LogP contribution in [0.3, 0.4) is 0 Å². The van der Waals surface area contributed by atoms with Gasteiger partial charge in [-0.2, -0.15) is 0 Å². The van der Waals surface area contributed by atoms with Crippen LogP contribution in [0.4, 0.5) is 4.39 Å². The van der Waals surface area contributed by atoms with Crippen molar-refractivity contribution in [3.63, 3.8) is 0 Å². The third-order valence-electron chi connectivity index (χ3n) is 2.77. The van der Waals surface area contributed by atoms with Crippen molar-refractivity contribution in [3.05, 3.63) is 67.9 Å². The Morgan fingerprint density at radius 2 is 1.84 bits per heavy atom. The summed E-state index contributed by atoms with van der Waals surface area (Å²) in [6.45, 7) is 0. The Hall–Kier alpha value is -0.610. The molecule has 0 bridgehead atoms. The fourth-order valence-corrected chi connectivity index (χ4v) is 2.88. The monoisotopic (exact) mass is 361 g/mol. The Labute approximate surface area is 129 Å². The van der Waals surface area contributed by atoms with E-state index in [1.54, 1.807) is 24.3 Å². The Kier molecular flexibility index (Phi) is 4.85. The quantitative estimate of drug-likeness (QED) is 0.803. The molecule has 1 nitrogen and oxygen atoms in total. The van der Waals surface area contributed by atoms with Crippen LogP contribution >= 0.6 is 39.1 Å². The van der Waals surface area contributed by atoms with E-state index in [0.717, 1.165) is 10.0 Å². The first-order valence-electron chi connectivity index (χ1n) is 5.61. The van der Waals surface area contributed by atoms with E-state index in [1.807, 2.05) is 6.07 Å². The molecule has 0 fully saturated rings. The van der Waals surface area contributed by atoms with Crippen LogP contribution < -0.4 is 5.73 Å². The molecule has 0 aromatic heterocycles. The lowest BCUT2D eigenvalue weighted by atomic mass is 9.99. The summed E-state index contributed by atoms with van der Waals surface area (Å²) in [4.78, 5) is 0. The minimum atomic E-state index is -0.343. The molecule has 1 atom stereocenters. The predicted molar refractivity (Wildman–Crippen MR) is 81.2 cm³/mol. The molecule has 5 heteroatoms. The third kappa shape index (κ3) is 3.93. The number of halogens is 4. The highest BCUT2D eigenvalue weighted by Crippen LogP contribution is 2.26. The summed E-state index contributed by atoms with van der Waals surface area (Å²) in [6.07, 6.45) is 0.385. The first kappa shape index (κ1) is 14.8. The lowest BCUT2D eigenvalue weighted by Crippen LogP contribution is -2.14. The molecule has 0 amide bonds. The van der Waals surface area contributed by atoms with E-state index >= 15 is 0 Å². The Bertz CT molecular complexity index is 584. The summed E-state index contributed by atoms with van der Waals surface area (Å²) in [5.74, 6) is -0.343. The first-order valence-corrected chi connectivity index (χ1v) is 7.16. The van der Waals surface area contributed by atoms with Crippen molar-refractivity contribution in [1.82, 2.24) is 0 Å². The maximum Gasteiger partial charge on any atom is 0.127 e. The van der Waals surface area contributed by atoms with Gasteiger partial charge in [-0.1, -0.05) is 45.2 Å². The lowest BCUT2D eigenvalue weighted by molar-refractivity contribution is 0.593. The normalized spacial score (nSPS) is 12.5. The van der Waals surface area contributed by atoms with Gasteiger partial charge < -0.3 is 5.73 Å². The second-order valence-electron chi connectivity index (χ2n) is 4.25. The third-order valence-corrected chi connectivity index (χ3v) is 3.68. The first-order chi connectivity index (χ1) is 8.95. The highest BCUT2D eigenvalue weighted by Gasteiger charge is 2.12. The van der Waals surface area contributed by atoms with Gasteiger partial charge in [0.05, 0.1) is 0 Å². The van der Waals surface area contributed by atoms with E-state index in [2.05, 4.69) is 15.9 Å². The smallest absolute Gasteiger partial charge is 0.127 e. The molecule has 0 saturated heterocycles. The molecule has 100 valence electrons. The summed E-state index contributed by atoms with van der Waals surface area (Å²) in [6, 6.07) is 9.70. The zero-order chi connectivity index (χ0) is 14.0. The van der Waals surface area contributed by atoms with Crippen LogP contribution in [0.15, 0.2) is 40.9 Å². The molecule has 1 unspecified atom stereocenters. The van der Waals surface area contributed by atoms with Crippen LogP contribution in [0.2, 0.25) is 10.0 Å². The molecular formula is C14H11BrCl2FN. The zero-order valence-corrected chi connectivity index (χ0v) is 12.9. The molecule has 2 N–H and O–H groups in total. The Morgan fingerprint density at radius 1 is 1.11 bits per heavy atom. The summed E-state index contributed by atoms with van der Waals surface area (Å²) >= 11 is 15.0. The van der Waals surface area contributed by atoms with E-state index in [4.69, 9.17) is 28.9 Å². The van der Waals surface area contributed by atoms with Gasteiger partial charge in [0.25, 0.3) is 0 Å². The SMILES string of the molecule is NC(Cc1ccc(Cl)cc1F)c1cc(Cl)cc(Br)c1. The number of hydrogen-bond acceptors (Lipinski definition) is 1. The van der Waals surface area contributed by atoms with Crippen molar-refractivity contribution in [1.29, 1.82) is 0 Å². The fraction of sp³-hybridized carbons (Fsp3) is 0.143. The van der Waals surface area contributed by atoms with E-state index in [-0.39, 0.29) is 11.9 Å². The molecule has 19 heavy (non-hydrogen) atoms. The van der Waals surface area contributed by atoms with Crippen molar-refractivity contribution in [3.8, 4) is 0 Å². The molecule has 2 rings (SSSR count). The van der Waals surface area contributed by atoms with Crippen LogP contribution in [0.1, 0.15) is 17.2 Å². The van der Waals surface area contributed by atoms with Crippen molar-refractivity contribution in [2.75, 3.05) is 0 Å². The van der Waals surface area contributed by atoms with Gasteiger partial charge in [-0.25, -0.2) is 4.39 Å². The van der Waals surface area contributed by atoms with E-state index < -0.39 is 0 Å². The molecule has 0 spiro atoms. The van der Waals surface area contributed by atoms with Gasteiger partial charge in [-0.3, -0.25) is 0 Å². The molecular weight excluding hydrogens is 352 g/mol. The number of rotatable bonds is 3. The van der Waals surface area contributed by atoms with Crippen molar-refractivity contribution < 1.29 is 4.39 Å². The van der Waals surface area contributed by atoms with Crippen LogP contribution in [0, 0.1) is 5.82 Å². The molecule has 0 saturated carbocycles. The van der Waals surface area contributed by atoms with Crippen molar-refractivity contribution >= 4 is 39.1 Å². The topological polar surface area (TPSA) is 26.0 Å². The summed E-state index contributed by atoms with van der Waals surface area (Å²) in [5.41, 5.74) is 7.48.